The highest BCUT2D eigenvalue weighted by atomic mass is 16.5. The number of hydrogen-bond acceptors (Lipinski definition) is 4. The van der Waals surface area contributed by atoms with Gasteiger partial charge in [0.25, 0.3) is 0 Å². The van der Waals surface area contributed by atoms with E-state index in [1.54, 1.807) is 0 Å². The third-order valence-electron chi connectivity index (χ3n) is 3.96. The van der Waals surface area contributed by atoms with Crippen LogP contribution in [0.1, 0.15) is 64.7 Å². The number of allylic oxidation sites excluding steroid dienone is 2. The zero-order chi connectivity index (χ0) is 16.4. The van der Waals surface area contributed by atoms with Crippen LogP contribution in [0.4, 0.5) is 0 Å². The number of ketones is 2. The topological polar surface area (TPSA) is 52.6 Å². The maximum atomic E-state index is 12.0. The second-order valence-electron chi connectivity index (χ2n) is 5.64. The predicted octanol–water partition coefficient (Wildman–Crippen LogP) is 4.10. The Morgan fingerprint density at radius 1 is 0.864 bits per heavy atom. The number of rotatable bonds is 11. The van der Waals surface area contributed by atoms with E-state index in [0.717, 1.165) is 12.8 Å². The molecule has 0 aromatic heterocycles. The van der Waals surface area contributed by atoms with Gasteiger partial charge in [0.15, 0.2) is 11.5 Å². The molecule has 1 rings (SSSR count). The van der Waals surface area contributed by atoms with E-state index >= 15 is 0 Å². The van der Waals surface area contributed by atoms with Crippen LogP contribution in [-0.4, -0.2) is 25.8 Å². The Balaban J connectivity index is 2.44. The summed E-state index contributed by atoms with van der Waals surface area (Å²) in [7, 11) is 2.97. The van der Waals surface area contributed by atoms with Crippen LogP contribution in [-0.2, 0) is 19.1 Å². The van der Waals surface area contributed by atoms with Gasteiger partial charge in [-0.05, 0) is 12.8 Å². The summed E-state index contributed by atoms with van der Waals surface area (Å²) in [5.41, 5.74) is 0.456. The van der Waals surface area contributed by atoms with Crippen LogP contribution in [0.25, 0.3) is 0 Å². The first-order chi connectivity index (χ1) is 10.7. The molecule has 0 amide bonds. The van der Waals surface area contributed by atoms with Gasteiger partial charge in [0.1, 0.15) is 0 Å². The van der Waals surface area contributed by atoms with E-state index in [-0.39, 0.29) is 0 Å². The lowest BCUT2D eigenvalue weighted by atomic mass is 9.94. The SMILES string of the molecule is CCCCCCCCCCC1=C(OC)C(OC)=CC(=O)C1=O. The lowest BCUT2D eigenvalue weighted by Crippen LogP contribution is -2.22. The summed E-state index contributed by atoms with van der Waals surface area (Å²) in [4.78, 5) is 23.7. The summed E-state index contributed by atoms with van der Waals surface area (Å²) in [6, 6.07) is 0. The number of Topliss-reactive ketones (excluding diaryl/α,β-unsaturated/α-hetero) is 1. The Hall–Kier alpha value is -1.58. The molecule has 0 saturated carbocycles. The van der Waals surface area contributed by atoms with Gasteiger partial charge in [-0.3, -0.25) is 9.59 Å². The molecule has 0 N–H and O–H groups in total. The van der Waals surface area contributed by atoms with Crippen molar-refractivity contribution >= 4 is 11.6 Å². The molecule has 4 nitrogen and oxygen atoms in total. The fraction of sp³-hybridized carbons (Fsp3) is 0.667. The van der Waals surface area contributed by atoms with Gasteiger partial charge in [0.05, 0.1) is 14.2 Å². The van der Waals surface area contributed by atoms with Crippen molar-refractivity contribution in [1.29, 1.82) is 0 Å². The smallest absolute Gasteiger partial charge is 0.232 e. The zero-order valence-electron chi connectivity index (χ0n) is 14.1. The number of carbonyl (C=O) groups is 2. The maximum absolute atomic E-state index is 12.0. The molecule has 4 heteroatoms. The fourth-order valence-electron chi connectivity index (χ4n) is 2.69. The van der Waals surface area contributed by atoms with Crippen LogP contribution in [0.3, 0.4) is 0 Å². The standard InChI is InChI=1S/C18H28O4/c1-4-5-6-7-8-9-10-11-12-14-17(20)15(19)13-16(21-2)18(14)22-3/h13H,4-12H2,1-3H3. The molecule has 0 aromatic carbocycles. The Morgan fingerprint density at radius 2 is 1.45 bits per heavy atom. The van der Waals surface area contributed by atoms with Gasteiger partial charge in [-0.1, -0.05) is 51.9 Å². The van der Waals surface area contributed by atoms with Crippen LogP contribution in [0.2, 0.25) is 0 Å². The highest BCUT2D eigenvalue weighted by Gasteiger charge is 2.29. The summed E-state index contributed by atoms with van der Waals surface area (Å²) >= 11 is 0. The number of unbranched alkanes of at least 4 members (excludes halogenated alkanes) is 7. The van der Waals surface area contributed by atoms with Gasteiger partial charge < -0.3 is 9.47 Å². The summed E-state index contributed by atoms with van der Waals surface area (Å²) in [6.45, 7) is 2.21. The van der Waals surface area contributed by atoms with E-state index in [9.17, 15) is 9.59 Å². The van der Waals surface area contributed by atoms with E-state index in [2.05, 4.69) is 6.92 Å². The van der Waals surface area contributed by atoms with Crippen molar-refractivity contribution in [1.82, 2.24) is 0 Å². The minimum Gasteiger partial charge on any atom is -0.493 e. The van der Waals surface area contributed by atoms with Crippen molar-refractivity contribution in [3.05, 3.63) is 23.2 Å². The Labute approximate surface area is 133 Å². The molecule has 1 aliphatic carbocycles. The first-order valence-corrected chi connectivity index (χ1v) is 8.27. The van der Waals surface area contributed by atoms with Gasteiger partial charge in [-0.2, -0.15) is 0 Å². The van der Waals surface area contributed by atoms with Crippen molar-refractivity contribution in [2.45, 2.75) is 64.7 Å². The second kappa shape index (κ2) is 10.2. The first-order valence-electron chi connectivity index (χ1n) is 8.27. The number of ether oxygens (including phenoxy) is 2. The van der Waals surface area contributed by atoms with Gasteiger partial charge in [0.2, 0.25) is 11.6 Å². The molecule has 0 fully saturated rings. The van der Waals surface area contributed by atoms with Crippen LogP contribution in [0.5, 0.6) is 0 Å². The van der Waals surface area contributed by atoms with Crippen molar-refractivity contribution in [2.75, 3.05) is 14.2 Å². The molecule has 22 heavy (non-hydrogen) atoms. The highest BCUT2D eigenvalue weighted by molar-refractivity contribution is 6.48. The summed E-state index contributed by atoms with van der Waals surface area (Å²) in [5.74, 6) is -0.218. The average Bonchev–Trinajstić information content (AvgIpc) is 2.53. The van der Waals surface area contributed by atoms with E-state index in [0.29, 0.717) is 23.5 Å². The van der Waals surface area contributed by atoms with Crippen molar-refractivity contribution in [3.63, 3.8) is 0 Å². The quantitative estimate of drug-likeness (QED) is 0.327. The third kappa shape index (κ3) is 5.32. The third-order valence-corrected chi connectivity index (χ3v) is 3.96. The van der Waals surface area contributed by atoms with Crippen molar-refractivity contribution < 1.29 is 19.1 Å². The molecule has 124 valence electrons. The molecule has 0 aliphatic heterocycles. The molecule has 0 heterocycles. The lowest BCUT2D eigenvalue weighted by molar-refractivity contribution is -0.132. The Kier molecular flexibility index (Phi) is 8.56. The summed E-state index contributed by atoms with van der Waals surface area (Å²) in [6.07, 6.45) is 11.3. The van der Waals surface area contributed by atoms with Gasteiger partial charge in [-0.15, -0.1) is 0 Å². The molecule has 0 atom stereocenters. The second-order valence-corrected chi connectivity index (χ2v) is 5.64. The van der Waals surface area contributed by atoms with Crippen LogP contribution in [0, 0.1) is 0 Å². The average molecular weight is 308 g/mol. The van der Waals surface area contributed by atoms with E-state index in [1.807, 2.05) is 0 Å². The number of hydrogen-bond donors (Lipinski definition) is 0. The minimum absolute atomic E-state index is 0.349. The Morgan fingerprint density at radius 3 is 2.00 bits per heavy atom. The summed E-state index contributed by atoms with van der Waals surface area (Å²) < 4.78 is 10.4. The monoisotopic (exact) mass is 308 g/mol. The molecule has 0 unspecified atom stereocenters. The van der Waals surface area contributed by atoms with Gasteiger partial charge in [0, 0.05) is 11.6 Å². The highest BCUT2D eigenvalue weighted by Crippen LogP contribution is 2.26. The minimum atomic E-state index is -0.521. The molecule has 0 aromatic rings. The molecular weight excluding hydrogens is 280 g/mol. The van der Waals surface area contributed by atoms with E-state index in [1.165, 1.54) is 58.8 Å². The molecule has 0 radical (unpaired) electrons. The lowest BCUT2D eigenvalue weighted by Gasteiger charge is -2.18. The molecule has 1 aliphatic rings. The van der Waals surface area contributed by atoms with Gasteiger partial charge >= 0.3 is 0 Å². The van der Waals surface area contributed by atoms with Crippen LogP contribution >= 0.6 is 0 Å². The molecule has 0 spiro atoms. The van der Waals surface area contributed by atoms with Crippen LogP contribution < -0.4 is 0 Å². The molecule has 0 saturated heterocycles. The normalized spacial score (nSPS) is 15.1. The van der Waals surface area contributed by atoms with E-state index in [4.69, 9.17) is 9.47 Å². The first kappa shape index (κ1) is 18.5. The van der Waals surface area contributed by atoms with Gasteiger partial charge in [-0.25, -0.2) is 0 Å². The van der Waals surface area contributed by atoms with Crippen LogP contribution in [0.15, 0.2) is 23.2 Å². The number of methoxy groups -OCH3 is 2. The number of carbonyl (C=O) groups excluding carboxylic acids is 2. The summed E-state index contributed by atoms with van der Waals surface area (Å²) in [5, 5.41) is 0. The molecule has 0 bridgehead atoms. The Bertz CT molecular complexity index is 446. The largest absolute Gasteiger partial charge is 0.493 e. The predicted molar refractivity (Wildman–Crippen MR) is 86.4 cm³/mol. The van der Waals surface area contributed by atoms with Crippen molar-refractivity contribution in [2.24, 2.45) is 0 Å². The maximum Gasteiger partial charge on any atom is 0.232 e. The van der Waals surface area contributed by atoms with E-state index < -0.39 is 11.6 Å². The fourth-order valence-corrected chi connectivity index (χ4v) is 2.69. The van der Waals surface area contributed by atoms with Crippen molar-refractivity contribution in [3.8, 4) is 0 Å². The molecular formula is C18H28O4. The zero-order valence-corrected chi connectivity index (χ0v) is 14.1.